The lowest BCUT2D eigenvalue weighted by atomic mass is 10.1. The van der Waals surface area contributed by atoms with E-state index < -0.39 is 10.0 Å². The Morgan fingerprint density at radius 1 is 1.00 bits per heavy atom. The summed E-state index contributed by atoms with van der Waals surface area (Å²) in [5.74, 6) is -0.0137. The first kappa shape index (κ1) is 18.9. The monoisotopic (exact) mass is 366 g/mol. The Labute approximate surface area is 149 Å². The van der Waals surface area contributed by atoms with E-state index in [-0.39, 0.29) is 11.8 Å². The normalized spacial score (nSPS) is 11.8. The average Bonchev–Trinajstić information content (AvgIpc) is 2.47. The fourth-order valence-electron chi connectivity index (χ4n) is 2.46. The second-order valence-corrected chi connectivity index (χ2v) is 8.22. The minimum absolute atomic E-state index is 0.0137. The van der Waals surface area contributed by atoms with Crippen LogP contribution in [0.1, 0.15) is 30.5 Å². The predicted octanol–water partition coefficient (Wildman–Crippen LogP) is 3.46. The molecule has 0 radical (unpaired) electrons. The highest BCUT2D eigenvalue weighted by Crippen LogP contribution is 2.14. The van der Waals surface area contributed by atoms with Gasteiger partial charge in [0.1, 0.15) is 0 Å². The third-order valence-corrected chi connectivity index (χ3v) is 5.17. The van der Waals surface area contributed by atoms with Gasteiger partial charge < -0.3 is 5.32 Å². The summed E-state index contributed by atoms with van der Waals surface area (Å²) < 4.78 is 26.9. The summed E-state index contributed by atoms with van der Waals surface area (Å²) in [5, 5.41) is 4.05. The first-order valence-corrected chi connectivity index (χ1v) is 9.91. The number of sulfonamides is 1. The van der Waals surface area contributed by atoms with Crippen LogP contribution in [0, 0.1) is 0 Å². The van der Waals surface area contributed by atoms with Gasteiger partial charge >= 0.3 is 0 Å². The molecule has 0 unspecified atom stereocenters. The quantitative estimate of drug-likeness (QED) is 0.752. The summed E-state index contributed by atoms with van der Waals surface area (Å²) in [7, 11) is -3.33. The molecular formula is C18H23ClN2O2S. The lowest BCUT2D eigenvalue weighted by molar-refractivity contribution is 0.568. The van der Waals surface area contributed by atoms with Crippen molar-refractivity contribution in [3.05, 3.63) is 70.2 Å². The van der Waals surface area contributed by atoms with Crippen LogP contribution in [-0.4, -0.2) is 14.5 Å². The maximum Gasteiger partial charge on any atom is 0.216 e. The van der Waals surface area contributed by atoms with E-state index in [4.69, 9.17) is 11.6 Å². The van der Waals surface area contributed by atoms with E-state index >= 15 is 0 Å². The highest BCUT2D eigenvalue weighted by atomic mass is 35.5. The van der Waals surface area contributed by atoms with Gasteiger partial charge in [0.15, 0.2) is 0 Å². The van der Waals surface area contributed by atoms with Gasteiger partial charge in [0.25, 0.3) is 0 Å². The van der Waals surface area contributed by atoms with Gasteiger partial charge in [-0.15, -0.1) is 0 Å². The van der Waals surface area contributed by atoms with Gasteiger partial charge in [-0.1, -0.05) is 48.0 Å². The largest absolute Gasteiger partial charge is 0.309 e. The molecule has 130 valence electrons. The molecule has 6 heteroatoms. The predicted molar refractivity (Wildman–Crippen MR) is 99.3 cm³/mol. The summed E-state index contributed by atoms with van der Waals surface area (Å²) in [6, 6.07) is 15.1. The summed E-state index contributed by atoms with van der Waals surface area (Å²) in [6.45, 7) is 4.90. The highest BCUT2D eigenvalue weighted by molar-refractivity contribution is 7.88. The molecule has 0 heterocycles. The molecule has 0 aliphatic rings. The minimum Gasteiger partial charge on any atom is -0.309 e. The third-order valence-electron chi connectivity index (χ3n) is 3.41. The molecule has 0 aliphatic heterocycles. The van der Waals surface area contributed by atoms with Crippen molar-refractivity contribution in [3.8, 4) is 0 Å². The standard InChI is InChI=1S/C18H23ClN2O2S/c1-14(2)21-24(22,23)13-17-8-4-3-7-16(17)12-20-11-15-6-5-9-18(19)10-15/h3-10,14,20-21H,11-13H2,1-2H3. The van der Waals surface area contributed by atoms with Crippen LogP contribution >= 0.6 is 11.6 Å². The molecule has 2 N–H and O–H groups in total. The molecule has 0 fully saturated rings. The molecule has 0 atom stereocenters. The molecule has 0 saturated carbocycles. The Morgan fingerprint density at radius 3 is 2.38 bits per heavy atom. The van der Waals surface area contributed by atoms with Crippen molar-refractivity contribution >= 4 is 21.6 Å². The van der Waals surface area contributed by atoms with Crippen molar-refractivity contribution in [1.29, 1.82) is 0 Å². The number of halogens is 1. The molecule has 0 bridgehead atoms. The lowest BCUT2D eigenvalue weighted by Crippen LogP contribution is -2.31. The zero-order valence-corrected chi connectivity index (χ0v) is 15.5. The molecule has 0 aliphatic carbocycles. The Kier molecular flexibility index (Phi) is 6.80. The fourth-order valence-corrected chi connectivity index (χ4v) is 4.17. The Balaban J connectivity index is 2.01. The first-order valence-electron chi connectivity index (χ1n) is 7.87. The second-order valence-electron chi connectivity index (χ2n) is 6.03. The van der Waals surface area contributed by atoms with Crippen LogP contribution in [0.2, 0.25) is 5.02 Å². The minimum atomic E-state index is -3.33. The summed E-state index contributed by atoms with van der Waals surface area (Å²) in [5.41, 5.74) is 2.88. The molecule has 0 spiro atoms. The molecule has 2 aromatic rings. The molecule has 2 aromatic carbocycles. The van der Waals surface area contributed by atoms with Crippen molar-refractivity contribution in [2.75, 3.05) is 0 Å². The molecule has 0 amide bonds. The smallest absolute Gasteiger partial charge is 0.216 e. The van der Waals surface area contributed by atoms with Gasteiger partial charge in [0.2, 0.25) is 10.0 Å². The van der Waals surface area contributed by atoms with E-state index in [1.54, 1.807) is 0 Å². The van der Waals surface area contributed by atoms with Crippen LogP contribution < -0.4 is 10.0 Å². The SMILES string of the molecule is CC(C)NS(=O)(=O)Cc1ccccc1CNCc1cccc(Cl)c1. The van der Waals surface area contributed by atoms with E-state index in [9.17, 15) is 8.42 Å². The topological polar surface area (TPSA) is 58.2 Å². The second kappa shape index (κ2) is 8.62. The van der Waals surface area contributed by atoms with Crippen molar-refractivity contribution in [2.24, 2.45) is 0 Å². The summed E-state index contributed by atoms with van der Waals surface area (Å²) in [4.78, 5) is 0. The highest BCUT2D eigenvalue weighted by Gasteiger charge is 2.15. The van der Waals surface area contributed by atoms with Crippen molar-refractivity contribution in [1.82, 2.24) is 10.0 Å². The number of benzene rings is 2. The van der Waals surface area contributed by atoms with Crippen molar-refractivity contribution in [3.63, 3.8) is 0 Å². The molecule has 0 aromatic heterocycles. The molecule has 2 rings (SSSR count). The van der Waals surface area contributed by atoms with E-state index in [1.807, 2.05) is 62.4 Å². The Morgan fingerprint density at radius 2 is 1.71 bits per heavy atom. The van der Waals surface area contributed by atoms with E-state index in [0.717, 1.165) is 16.7 Å². The zero-order chi connectivity index (χ0) is 17.6. The Bertz CT molecular complexity index is 776. The number of hydrogen-bond donors (Lipinski definition) is 2. The molecule has 4 nitrogen and oxygen atoms in total. The van der Waals surface area contributed by atoms with Crippen molar-refractivity contribution in [2.45, 2.75) is 38.7 Å². The molecule has 0 saturated heterocycles. The van der Waals surface area contributed by atoms with Gasteiger partial charge in [0.05, 0.1) is 5.75 Å². The van der Waals surface area contributed by atoms with Gasteiger partial charge in [-0.3, -0.25) is 0 Å². The zero-order valence-electron chi connectivity index (χ0n) is 13.9. The maximum absolute atomic E-state index is 12.1. The number of rotatable bonds is 8. The summed E-state index contributed by atoms with van der Waals surface area (Å²) in [6.07, 6.45) is 0. The van der Waals surface area contributed by atoms with Crippen LogP contribution in [0.15, 0.2) is 48.5 Å². The maximum atomic E-state index is 12.1. The number of nitrogens with one attached hydrogen (secondary N) is 2. The van der Waals surface area contributed by atoms with Gasteiger partial charge in [-0.25, -0.2) is 13.1 Å². The summed E-state index contributed by atoms with van der Waals surface area (Å²) >= 11 is 5.98. The van der Waals surface area contributed by atoms with E-state index in [0.29, 0.717) is 18.1 Å². The van der Waals surface area contributed by atoms with Crippen molar-refractivity contribution < 1.29 is 8.42 Å². The molecular weight excluding hydrogens is 344 g/mol. The van der Waals surface area contributed by atoms with Gasteiger partial charge in [-0.05, 0) is 42.7 Å². The Hall–Kier alpha value is -1.40. The van der Waals surface area contributed by atoms with Gasteiger partial charge in [-0.2, -0.15) is 0 Å². The third kappa shape index (κ3) is 6.24. The van der Waals surface area contributed by atoms with Crippen LogP contribution in [-0.2, 0) is 28.9 Å². The van der Waals surface area contributed by atoms with Crippen LogP contribution in [0.4, 0.5) is 0 Å². The average molecular weight is 367 g/mol. The van der Waals surface area contributed by atoms with Crippen LogP contribution in [0.5, 0.6) is 0 Å². The van der Waals surface area contributed by atoms with Crippen LogP contribution in [0.3, 0.4) is 0 Å². The lowest BCUT2D eigenvalue weighted by Gasteiger charge is -2.13. The molecule has 24 heavy (non-hydrogen) atoms. The fraction of sp³-hybridized carbons (Fsp3) is 0.333. The van der Waals surface area contributed by atoms with E-state index in [1.165, 1.54) is 0 Å². The van der Waals surface area contributed by atoms with Crippen LogP contribution in [0.25, 0.3) is 0 Å². The number of hydrogen-bond acceptors (Lipinski definition) is 3. The van der Waals surface area contributed by atoms with E-state index in [2.05, 4.69) is 10.0 Å². The van der Waals surface area contributed by atoms with Gasteiger partial charge in [0, 0.05) is 24.2 Å². The first-order chi connectivity index (χ1) is 11.4.